The number of hydrogen-bond acceptors (Lipinski definition) is 4. The van der Waals surface area contributed by atoms with Crippen molar-refractivity contribution < 1.29 is 14.6 Å². The molecule has 88 valence electrons. The van der Waals surface area contributed by atoms with Crippen molar-refractivity contribution in [1.29, 1.82) is 0 Å². The Morgan fingerprint density at radius 3 is 2.06 bits per heavy atom. The highest BCUT2D eigenvalue weighted by molar-refractivity contribution is 5.67. The van der Waals surface area contributed by atoms with Gasteiger partial charge in [-0.15, -0.1) is 0 Å². The average Bonchev–Trinajstić information content (AvgIpc) is 2.38. The minimum absolute atomic E-state index is 0.129. The molecule has 2 rings (SSSR count). The number of hydrogen-bond donors (Lipinski definition) is 1. The summed E-state index contributed by atoms with van der Waals surface area (Å²) in [5, 5.41) is 9.40. The van der Waals surface area contributed by atoms with Gasteiger partial charge in [0.1, 0.15) is 17.2 Å². The Balaban J connectivity index is 2.50. The van der Waals surface area contributed by atoms with Gasteiger partial charge < -0.3 is 14.6 Å². The molecule has 0 aliphatic heterocycles. The molecule has 0 spiro atoms. The lowest BCUT2D eigenvalue weighted by Crippen LogP contribution is -1.89. The molecule has 17 heavy (non-hydrogen) atoms. The van der Waals surface area contributed by atoms with Gasteiger partial charge in [0, 0.05) is 17.8 Å². The third kappa shape index (κ3) is 2.47. The molecule has 0 atom stereocenters. The summed E-state index contributed by atoms with van der Waals surface area (Å²) < 4.78 is 10.4. The molecule has 1 heterocycles. The van der Waals surface area contributed by atoms with Gasteiger partial charge in [0.25, 0.3) is 0 Å². The molecule has 0 fully saturated rings. The zero-order valence-electron chi connectivity index (χ0n) is 9.68. The molecular weight excluding hydrogens is 218 g/mol. The Morgan fingerprint density at radius 1 is 0.882 bits per heavy atom. The lowest BCUT2D eigenvalue weighted by molar-refractivity contribution is 0.394. The van der Waals surface area contributed by atoms with Crippen LogP contribution in [0.4, 0.5) is 0 Å². The molecule has 0 aliphatic rings. The van der Waals surface area contributed by atoms with Crippen LogP contribution >= 0.6 is 0 Å². The largest absolute Gasteiger partial charge is 0.506 e. The van der Waals surface area contributed by atoms with Crippen LogP contribution in [-0.2, 0) is 0 Å². The first-order valence-electron chi connectivity index (χ1n) is 5.10. The Morgan fingerprint density at radius 2 is 1.53 bits per heavy atom. The number of pyridine rings is 1. The quantitative estimate of drug-likeness (QED) is 0.881. The van der Waals surface area contributed by atoms with Crippen molar-refractivity contribution in [1.82, 2.24) is 4.98 Å². The van der Waals surface area contributed by atoms with Crippen molar-refractivity contribution in [3.8, 4) is 28.4 Å². The minimum Gasteiger partial charge on any atom is -0.506 e. The summed E-state index contributed by atoms with van der Waals surface area (Å²) in [5.74, 6) is 1.52. The normalized spacial score (nSPS) is 10.0. The van der Waals surface area contributed by atoms with Crippen molar-refractivity contribution in [2.75, 3.05) is 14.2 Å². The number of methoxy groups -OCH3 is 2. The van der Waals surface area contributed by atoms with Crippen LogP contribution in [0.1, 0.15) is 0 Å². The molecule has 0 saturated carbocycles. The number of aromatic hydroxyl groups is 1. The first-order chi connectivity index (χ1) is 8.22. The Kier molecular flexibility index (Phi) is 3.14. The first-order valence-corrected chi connectivity index (χ1v) is 5.10. The van der Waals surface area contributed by atoms with E-state index in [1.807, 2.05) is 12.1 Å². The van der Waals surface area contributed by atoms with Crippen molar-refractivity contribution in [2.24, 2.45) is 0 Å². The summed E-state index contributed by atoms with van der Waals surface area (Å²) >= 11 is 0. The predicted molar refractivity (Wildman–Crippen MR) is 64.4 cm³/mol. The highest BCUT2D eigenvalue weighted by Gasteiger charge is 2.05. The second-order valence-corrected chi connectivity index (χ2v) is 3.53. The zero-order chi connectivity index (χ0) is 12.3. The second-order valence-electron chi connectivity index (χ2n) is 3.53. The van der Waals surface area contributed by atoms with Crippen molar-refractivity contribution in [2.45, 2.75) is 0 Å². The molecule has 0 bridgehead atoms. The van der Waals surface area contributed by atoms with Gasteiger partial charge in [-0.25, -0.2) is 0 Å². The monoisotopic (exact) mass is 231 g/mol. The van der Waals surface area contributed by atoms with Gasteiger partial charge in [-0.3, -0.25) is 4.98 Å². The topological polar surface area (TPSA) is 51.6 Å². The van der Waals surface area contributed by atoms with Crippen LogP contribution in [0, 0.1) is 0 Å². The molecule has 1 N–H and O–H groups in total. The maximum Gasteiger partial charge on any atom is 0.134 e. The van der Waals surface area contributed by atoms with Gasteiger partial charge in [-0.05, 0) is 23.8 Å². The molecule has 0 radical (unpaired) electrons. The Bertz CT molecular complexity index is 504. The van der Waals surface area contributed by atoms with Crippen LogP contribution < -0.4 is 9.47 Å². The number of benzene rings is 1. The molecule has 2 aromatic rings. The molecule has 1 aromatic carbocycles. The molecule has 4 heteroatoms. The molecule has 0 unspecified atom stereocenters. The maximum atomic E-state index is 9.40. The van der Waals surface area contributed by atoms with Crippen LogP contribution in [0.25, 0.3) is 11.1 Å². The summed E-state index contributed by atoms with van der Waals surface area (Å²) in [5.41, 5.74) is 1.69. The molecule has 1 aromatic heterocycles. The average molecular weight is 231 g/mol. The van der Waals surface area contributed by atoms with Crippen molar-refractivity contribution in [3.63, 3.8) is 0 Å². The Hall–Kier alpha value is -2.23. The van der Waals surface area contributed by atoms with E-state index in [0.717, 1.165) is 11.1 Å². The van der Waals surface area contributed by atoms with E-state index in [9.17, 15) is 5.11 Å². The second kappa shape index (κ2) is 4.74. The third-order valence-electron chi connectivity index (χ3n) is 2.41. The van der Waals surface area contributed by atoms with Gasteiger partial charge in [0.05, 0.1) is 20.4 Å². The summed E-state index contributed by atoms with van der Waals surface area (Å²) in [7, 11) is 3.19. The lowest BCUT2D eigenvalue weighted by atomic mass is 10.1. The van der Waals surface area contributed by atoms with Gasteiger partial charge in [-0.1, -0.05) is 0 Å². The van der Waals surface area contributed by atoms with Crippen LogP contribution in [0.5, 0.6) is 17.2 Å². The number of rotatable bonds is 3. The van der Waals surface area contributed by atoms with Gasteiger partial charge in [-0.2, -0.15) is 0 Å². The van der Waals surface area contributed by atoms with Gasteiger partial charge in [0.15, 0.2) is 0 Å². The summed E-state index contributed by atoms with van der Waals surface area (Å²) in [4.78, 5) is 3.94. The SMILES string of the molecule is COc1cc(OC)cc(-c2cncc(O)c2)c1. The molecule has 0 saturated heterocycles. The van der Waals surface area contributed by atoms with E-state index in [0.29, 0.717) is 11.5 Å². The summed E-state index contributed by atoms with van der Waals surface area (Å²) in [6.45, 7) is 0. The molecule has 0 aliphatic carbocycles. The van der Waals surface area contributed by atoms with Crippen molar-refractivity contribution >= 4 is 0 Å². The molecule has 0 amide bonds. The number of aromatic nitrogens is 1. The third-order valence-corrected chi connectivity index (χ3v) is 2.41. The van der Waals surface area contributed by atoms with Crippen LogP contribution in [0.3, 0.4) is 0 Å². The molecule has 4 nitrogen and oxygen atoms in total. The van der Waals surface area contributed by atoms with E-state index in [2.05, 4.69) is 4.98 Å². The highest BCUT2D eigenvalue weighted by atomic mass is 16.5. The first kappa shape index (κ1) is 11.3. The number of nitrogens with zero attached hydrogens (tertiary/aromatic N) is 1. The lowest BCUT2D eigenvalue weighted by Gasteiger charge is -2.08. The number of ether oxygens (including phenoxy) is 2. The van der Waals surface area contributed by atoms with E-state index in [1.54, 1.807) is 32.5 Å². The Labute approximate surface area is 99.5 Å². The maximum absolute atomic E-state index is 9.40. The fourth-order valence-electron chi connectivity index (χ4n) is 1.56. The smallest absolute Gasteiger partial charge is 0.134 e. The summed E-state index contributed by atoms with van der Waals surface area (Å²) in [6.07, 6.45) is 3.06. The zero-order valence-corrected chi connectivity index (χ0v) is 9.68. The van der Waals surface area contributed by atoms with Crippen LogP contribution in [0.2, 0.25) is 0 Å². The van der Waals surface area contributed by atoms with Gasteiger partial charge >= 0.3 is 0 Å². The van der Waals surface area contributed by atoms with E-state index >= 15 is 0 Å². The van der Waals surface area contributed by atoms with Crippen LogP contribution in [-0.4, -0.2) is 24.3 Å². The standard InChI is InChI=1S/C13H13NO3/c1-16-12-4-9(5-13(6-12)17-2)10-3-11(15)8-14-7-10/h3-8,15H,1-2H3. The van der Waals surface area contributed by atoms with E-state index in [-0.39, 0.29) is 5.75 Å². The fraction of sp³-hybridized carbons (Fsp3) is 0.154. The molecular formula is C13H13NO3. The summed E-state index contributed by atoms with van der Waals surface area (Å²) in [6, 6.07) is 7.15. The minimum atomic E-state index is 0.129. The van der Waals surface area contributed by atoms with E-state index < -0.39 is 0 Å². The van der Waals surface area contributed by atoms with E-state index in [4.69, 9.17) is 9.47 Å². The van der Waals surface area contributed by atoms with Crippen LogP contribution in [0.15, 0.2) is 36.7 Å². The predicted octanol–water partition coefficient (Wildman–Crippen LogP) is 2.47. The van der Waals surface area contributed by atoms with Gasteiger partial charge in [0.2, 0.25) is 0 Å². The fourth-order valence-corrected chi connectivity index (χ4v) is 1.56. The highest BCUT2D eigenvalue weighted by Crippen LogP contribution is 2.30. The van der Waals surface area contributed by atoms with E-state index in [1.165, 1.54) is 6.20 Å². The van der Waals surface area contributed by atoms with Crippen molar-refractivity contribution in [3.05, 3.63) is 36.7 Å².